The first-order valence-corrected chi connectivity index (χ1v) is 6.97. The minimum absolute atomic E-state index is 0.172. The topological polar surface area (TPSA) is 23.6 Å². The molecule has 0 saturated carbocycles. The average Bonchev–Trinajstić information content (AvgIpc) is 2.47. The van der Waals surface area contributed by atoms with Crippen LogP contribution in [0.15, 0.2) is 18.2 Å². The van der Waals surface area contributed by atoms with Gasteiger partial charge in [0.15, 0.2) is 0 Å². The first-order valence-electron chi connectivity index (χ1n) is 6.97. The van der Waals surface area contributed by atoms with Crippen molar-refractivity contribution < 1.29 is 4.79 Å². The zero-order valence-electron chi connectivity index (χ0n) is 12.4. The number of rotatable bonds is 3. The fraction of sp³-hybridized carbons (Fsp3) is 0.562. The molecule has 1 heterocycles. The first kappa shape index (κ1) is 14.1. The fourth-order valence-electron chi connectivity index (χ4n) is 2.75. The van der Waals surface area contributed by atoms with Gasteiger partial charge < -0.3 is 9.80 Å². The number of amides is 1. The third-order valence-corrected chi connectivity index (χ3v) is 3.87. The molecule has 1 aromatic carbocycles. The van der Waals surface area contributed by atoms with Gasteiger partial charge >= 0.3 is 0 Å². The van der Waals surface area contributed by atoms with Gasteiger partial charge in [-0.1, -0.05) is 17.7 Å². The summed E-state index contributed by atoms with van der Waals surface area (Å²) < 4.78 is 0. The molecule has 0 bridgehead atoms. The van der Waals surface area contributed by atoms with E-state index in [2.05, 4.69) is 31.1 Å². The van der Waals surface area contributed by atoms with E-state index in [1.54, 1.807) is 0 Å². The molecular weight excluding hydrogens is 236 g/mol. The number of carbonyl (C=O) groups is 1. The third-order valence-electron chi connectivity index (χ3n) is 3.87. The molecule has 0 saturated heterocycles. The molecule has 0 fully saturated rings. The van der Waals surface area contributed by atoms with E-state index in [1.807, 2.05) is 24.9 Å². The van der Waals surface area contributed by atoms with Gasteiger partial charge in [0.05, 0.1) is 0 Å². The lowest BCUT2D eigenvalue weighted by Gasteiger charge is -2.21. The van der Waals surface area contributed by atoms with Gasteiger partial charge in [0.1, 0.15) is 0 Å². The third kappa shape index (κ3) is 3.35. The Bertz CT molecular complexity index is 468. The van der Waals surface area contributed by atoms with Crippen LogP contribution in [0.1, 0.15) is 27.9 Å². The summed E-state index contributed by atoms with van der Waals surface area (Å²) in [5, 5.41) is 0. The van der Waals surface area contributed by atoms with Gasteiger partial charge in [0.25, 0.3) is 5.91 Å². The molecule has 1 aliphatic rings. The Labute approximate surface area is 116 Å². The SMILES string of the molecule is Cc1ccc2c(c1)C(=O)N(C)CC(CCN(C)C)C2. The molecule has 1 amide bonds. The molecule has 104 valence electrons. The highest BCUT2D eigenvalue weighted by Gasteiger charge is 2.25. The van der Waals surface area contributed by atoms with Gasteiger partial charge in [0.2, 0.25) is 0 Å². The standard InChI is InChI=1S/C16H24N2O/c1-12-5-6-14-10-13(7-8-17(2)3)11-18(4)16(19)15(14)9-12/h5-6,9,13H,7-8,10-11H2,1-4H3. The summed E-state index contributed by atoms with van der Waals surface area (Å²) >= 11 is 0. The van der Waals surface area contributed by atoms with Crippen molar-refractivity contribution in [1.29, 1.82) is 0 Å². The first-order chi connectivity index (χ1) is 8.97. The van der Waals surface area contributed by atoms with Crippen LogP contribution in [0.4, 0.5) is 0 Å². The van der Waals surface area contributed by atoms with Crippen molar-refractivity contribution >= 4 is 5.91 Å². The van der Waals surface area contributed by atoms with Crippen molar-refractivity contribution in [2.75, 3.05) is 34.2 Å². The summed E-state index contributed by atoms with van der Waals surface area (Å²) in [5.41, 5.74) is 3.27. The largest absolute Gasteiger partial charge is 0.341 e. The maximum absolute atomic E-state index is 12.4. The lowest BCUT2D eigenvalue weighted by atomic mass is 9.94. The van der Waals surface area contributed by atoms with Crippen LogP contribution in [-0.2, 0) is 6.42 Å². The zero-order valence-corrected chi connectivity index (χ0v) is 12.4. The number of aryl methyl sites for hydroxylation is 1. The highest BCUT2D eigenvalue weighted by molar-refractivity contribution is 5.96. The van der Waals surface area contributed by atoms with Crippen LogP contribution in [-0.4, -0.2) is 49.9 Å². The second kappa shape index (κ2) is 5.74. The second-order valence-electron chi connectivity index (χ2n) is 6.01. The van der Waals surface area contributed by atoms with Crippen LogP contribution in [0.2, 0.25) is 0 Å². The molecule has 1 unspecified atom stereocenters. The van der Waals surface area contributed by atoms with E-state index >= 15 is 0 Å². The van der Waals surface area contributed by atoms with Crippen molar-refractivity contribution in [3.63, 3.8) is 0 Å². The Kier molecular flexibility index (Phi) is 4.25. The molecule has 0 N–H and O–H groups in total. The molecule has 0 radical (unpaired) electrons. The van der Waals surface area contributed by atoms with E-state index in [0.717, 1.165) is 37.1 Å². The summed E-state index contributed by atoms with van der Waals surface area (Å²) in [6, 6.07) is 6.27. The highest BCUT2D eigenvalue weighted by Crippen LogP contribution is 2.24. The molecule has 3 nitrogen and oxygen atoms in total. The Morgan fingerprint density at radius 3 is 2.79 bits per heavy atom. The maximum Gasteiger partial charge on any atom is 0.253 e. The van der Waals surface area contributed by atoms with Gasteiger partial charge in [-0.15, -0.1) is 0 Å². The Morgan fingerprint density at radius 2 is 2.11 bits per heavy atom. The van der Waals surface area contributed by atoms with Crippen LogP contribution >= 0.6 is 0 Å². The number of hydrogen-bond donors (Lipinski definition) is 0. The van der Waals surface area contributed by atoms with Crippen LogP contribution in [0.3, 0.4) is 0 Å². The molecule has 2 rings (SSSR count). The van der Waals surface area contributed by atoms with E-state index < -0.39 is 0 Å². The lowest BCUT2D eigenvalue weighted by Crippen LogP contribution is -2.31. The van der Waals surface area contributed by atoms with E-state index in [-0.39, 0.29) is 5.91 Å². The Balaban J connectivity index is 2.22. The quantitative estimate of drug-likeness (QED) is 0.832. The molecule has 0 aromatic heterocycles. The van der Waals surface area contributed by atoms with E-state index in [0.29, 0.717) is 5.92 Å². The number of fused-ring (bicyclic) bond motifs is 1. The molecule has 1 aliphatic heterocycles. The lowest BCUT2D eigenvalue weighted by molar-refractivity contribution is 0.0779. The number of nitrogens with zero attached hydrogens (tertiary/aromatic N) is 2. The van der Waals surface area contributed by atoms with Crippen molar-refractivity contribution in [3.8, 4) is 0 Å². The Morgan fingerprint density at radius 1 is 1.37 bits per heavy atom. The van der Waals surface area contributed by atoms with Crippen molar-refractivity contribution in [2.45, 2.75) is 19.8 Å². The fourth-order valence-corrected chi connectivity index (χ4v) is 2.75. The summed E-state index contributed by atoms with van der Waals surface area (Å²) in [4.78, 5) is 16.5. The Hall–Kier alpha value is -1.35. The van der Waals surface area contributed by atoms with Crippen LogP contribution in [0, 0.1) is 12.8 Å². The average molecular weight is 260 g/mol. The summed E-state index contributed by atoms with van der Waals surface area (Å²) in [5.74, 6) is 0.728. The molecule has 19 heavy (non-hydrogen) atoms. The summed E-state index contributed by atoms with van der Waals surface area (Å²) in [7, 11) is 6.12. The number of benzene rings is 1. The number of carbonyl (C=O) groups excluding carboxylic acids is 1. The van der Waals surface area contributed by atoms with Crippen molar-refractivity contribution in [1.82, 2.24) is 9.80 Å². The normalized spacial score (nSPS) is 19.5. The molecule has 1 aromatic rings. The molecule has 3 heteroatoms. The maximum atomic E-state index is 12.4. The monoisotopic (exact) mass is 260 g/mol. The smallest absolute Gasteiger partial charge is 0.253 e. The predicted molar refractivity (Wildman–Crippen MR) is 78.5 cm³/mol. The summed E-state index contributed by atoms with van der Waals surface area (Å²) in [6.07, 6.45) is 2.15. The minimum atomic E-state index is 0.172. The highest BCUT2D eigenvalue weighted by atomic mass is 16.2. The molecule has 0 aliphatic carbocycles. The van der Waals surface area contributed by atoms with Gasteiger partial charge in [-0.2, -0.15) is 0 Å². The van der Waals surface area contributed by atoms with Crippen LogP contribution in [0.5, 0.6) is 0 Å². The minimum Gasteiger partial charge on any atom is -0.341 e. The van der Waals surface area contributed by atoms with Gasteiger partial charge in [-0.3, -0.25) is 4.79 Å². The molecule has 1 atom stereocenters. The predicted octanol–water partition coefficient (Wildman–Crippen LogP) is 2.19. The van der Waals surface area contributed by atoms with Crippen molar-refractivity contribution in [3.05, 3.63) is 34.9 Å². The van der Waals surface area contributed by atoms with Crippen molar-refractivity contribution in [2.24, 2.45) is 5.92 Å². The van der Waals surface area contributed by atoms with Gasteiger partial charge in [0, 0.05) is 19.2 Å². The molecule has 0 spiro atoms. The zero-order chi connectivity index (χ0) is 14.0. The summed E-state index contributed by atoms with van der Waals surface area (Å²) in [6.45, 7) is 3.98. The number of hydrogen-bond acceptors (Lipinski definition) is 2. The van der Waals surface area contributed by atoms with E-state index in [1.165, 1.54) is 5.56 Å². The van der Waals surface area contributed by atoms with E-state index in [4.69, 9.17) is 0 Å². The second-order valence-corrected chi connectivity index (χ2v) is 6.01. The van der Waals surface area contributed by atoms with Crippen LogP contribution < -0.4 is 0 Å². The van der Waals surface area contributed by atoms with Crippen LogP contribution in [0.25, 0.3) is 0 Å². The van der Waals surface area contributed by atoms with Gasteiger partial charge in [-0.25, -0.2) is 0 Å². The van der Waals surface area contributed by atoms with E-state index in [9.17, 15) is 4.79 Å². The molecular formula is C16H24N2O. The van der Waals surface area contributed by atoms with Gasteiger partial charge in [-0.05, 0) is 58.0 Å².